The molecule has 1 saturated heterocycles. The summed E-state index contributed by atoms with van der Waals surface area (Å²) in [4.78, 5) is 58.1. The monoisotopic (exact) mass is 581 g/mol. The maximum Gasteiger partial charge on any atom is 1.00 e. The molecule has 1 aliphatic rings. The first-order valence-corrected chi connectivity index (χ1v) is 12.6. The number of ether oxygens (including phenoxy) is 1. The molecule has 192 valence electrons. The summed E-state index contributed by atoms with van der Waals surface area (Å²) in [7, 11) is -4.44. The Labute approximate surface area is 241 Å². The summed E-state index contributed by atoms with van der Waals surface area (Å²) in [5.74, 6) is -4.56. The zero-order valence-corrected chi connectivity index (χ0v) is 23.6. The molecule has 0 unspecified atom stereocenters. The molecule has 0 bridgehead atoms. The van der Waals surface area contributed by atoms with Crippen molar-refractivity contribution in [1.29, 1.82) is 0 Å². The summed E-state index contributed by atoms with van der Waals surface area (Å²) in [5, 5.41) is 9.76. The van der Waals surface area contributed by atoms with Gasteiger partial charge in [0.25, 0.3) is 11.8 Å². The second kappa shape index (κ2) is 13.3. The fourth-order valence-electron chi connectivity index (χ4n) is 2.96. The van der Waals surface area contributed by atoms with E-state index in [1.807, 2.05) is 0 Å². The van der Waals surface area contributed by atoms with Gasteiger partial charge in [0, 0.05) is 5.38 Å². The van der Waals surface area contributed by atoms with Gasteiger partial charge in [-0.05, 0) is 5.56 Å². The van der Waals surface area contributed by atoms with E-state index in [4.69, 9.17) is 16.4 Å². The fraction of sp³-hybridized carbons (Fsp3) is 0.263. The molecule has 1 aliphatic heterocycles. The van der Waals surface area contributed by atoms with Crippen LogP contribution >= 0.6 is 22.9 Å². The standard InChI is InChI=1S/C19H18ClN5O9S2.Na/c1-33-18(29)15-14(17(28)25(15)36(30,31)32)23-16(27)13(24-34-8-10-5-3-2-4-6-10)11-9-35-19(21-11)22-12(26)7-20;/h2-6,9,14-15H,7-8H2,1H3,(H,23,27)(H,21,22,26)(H,30,31,32);/q;+1/p-1/b24-13-;/t14-,15-;/m1./s1. The van der Waals surface area contributed by atoms with Crippen LogP contribution in [0.5, 0.6) is 0 Å². The molecule has 18 heteroatoms. The van der Waals surface area contributed by atoms with Crippen molar-refractivity contribution in [1.82, 2.24) is 14.6 Å². The number of benzene rings is 1. The van der Waals surface area contributed by atoms with Crippen molar-refractivity contribution in [3.05, 3.63) is 47.0 Å². The van der Waals surface area contributed by atoms with Crippen LogP contribution in [0, 0.1) is 0 Å². The van der Waals surface area contributed by atoms with E-state index in [0.29, 0.717) is 5.56 Å². The number of carbonyl (C=O) groups excluding carboxylic acids is 4. The number of thiazole rings is 1. The Morgan fingerprint density at radius 3 is 2.54 bits per heavy atom. The molecule has 0 aliphatic carbocycles. The van der Waals surface area contributed by atoms with E-state index < -0.39 is 51.8 Å². The zero-order valence-electron chi connectivity index (χ0n) is 19.2. The Hall–Kier alpha value is -2.60. The molecule has 1 fully saturated rings. The first-order valence-electron chi connectivity index (χ1n) is 9.80. The number of anilines is 1. The number of aromatic nitrogens is 1. The van der Waals surface area contributed by atoms with Gasteiger partial charge in [-0.3, -0.25) is 14.4 Å². The van der Waals surface area contributed by atoms with E-state index in [2.05, 4.69) is 25.5 Å². The molecule has 1 aromatic heterocycles. The van der Waals surface area contributed by atoms with Gasteiger partial charge >= 0.3 is 35.5 Å². The Bertz CT molecular complexity index is 1310. The van der Waals surface area contributed by atoms with Crippen LogP contribution < -0.4 is 40.2 Å². The van der Waals surface area contributed by atoms with Crippen LogP contribution in [0.3, 0.4) is 0 Å². The van der Waals surface area contributed by atoms with Gasteiger partial charge in [0.1, 0.15) is 24.2 Å². The van der Waals surface area contributed by atoms with Crippen LogP contribution in [0.15, 0.2) is 40.9 Å². The first-order chi connectivity index (χ1) is 17.1. The number of alkyl halides is 1. The van der Waals surface area contributed by atoms with E-state index in [-0.39, 0.29) is 57.2 Å². The van der Waals surface area contributed by atoms with Crippen LogP contribution in [0.25, 0.3) is 0 Å². The quantitative estimate of drug-likeness (QED) is 0.0542. The molecule has 3 rings (SSSR count). The van der Waals surface area contributed by atoms with Gasteiger partial charge in [-0.15, -0.1) is 22.9 Å². The number of carbonyl (C=O) groups is 4. The van der Waals surface area contributed by atoms with Crippen LogP contribution in [-0.4, -0.2) is 76.7 Å². The largest absolute Gasteiger partial charge is 1.00 e. The average molecular weight is 582 g/mol. The molecule has 2 N–H and O–H groups in total. The summed E-state index contributed by atoms with van der Waals surface area (Å²) >= 11 is 6.39. The molecular formula is C19H17ClN5NaO9S2. The number of nitrogens with one attached hydrogen (secondary N) is 2. The molecule has 0 saturated carbocycles. The number of esters is 1. The van der Waals surface area contributed by atoms with Crippen molar-refractivity contribution >= 4 is 67.8 Å². The Balaban J connectivity index is 0.00000481. The summed E-state index contributed by atoms with van der Waals surface area (Å²) < 4.78 is 38.3. The van der Waals surface area contributed by atoms with Gasteiger partial charge in [-0.1, -0.05) is 35.5 Å². The summed E-state index contributed by atoms with van der Waals surface area (Å²) in [6, 6.07) is 5.14. The van der Waals surface area contributed by atoms with Gasteiger partial charge in [0.05, 0.1) is 7.11 Å². The zero-order chi connectivity index (χ0) is 26.5. The van der Waals surface area contributed by atoms with E-state index in [1.165, 1.54) is 5.38 Å². The summed E-state index contributed by atoms with van der Waals surface area (Å²) in [6.07, 6.45) is 0. The Morgan fingerprint density at radius 2 is 1.95 bits per heavy atom. The molecule has 2 aromatic rings. The molecule has 3 amide bonds. The number of β-lactam (4-membered cyclic amide) rings is 1. The first kappa shape index (κ1) is 30.6. The van der Waals surface area contributed by atoms with Crippen molar-refractivity contribution in [3.63, 3.8) is 0 Å². The number of nitrogens with zero attached hydrogens (tertiary/aromatic N) is 3. The number of halogens is 1. The number of amides is 3. The Morgan fingerprint density at radius 1 is 1.27 bits per heavy atom. The number of methoxy groups -OCH3 is 1. The van der Waals surface area contributed by atoms with Crippen molar-refractivity contribution < 1.29 is 71.3 Å². The SMILES string of the molecule is COC(=O)[C@H]1[C@@H](NC(=O)/C(=N\OCc2ccccc2)c2csc(NC(=O)CCl)n2)C(=O)N1S(=O)(=O)[O-].[Na+]. The molecule has 0 spiro atoms. The molecule has 37 heavy (non-hydrogen) atoms. The smallest absolute Gasteiger partial charge is 0.731 e. The normalized spacial score (nSPS) is 17.2. The molecule has 0 radical (unpaired) electrons. The second-order valence-corrected chi connectivity index (χ2v) is 9.30. The maximum atomic E-state index is 13.0. The minimum atomic E-state index is -5.35. The third kappa shape index (κ3) is 7.47. The van der Waals surface area contributed by atoms with Crippen molar-refractivity contribution in [2.75, 3.05) is 18.3 Å². The van der Waals surface area contributed by atoms with Gasteiger partial charge in [-0.2, -0.15) is 0 Å². The average Bonchev–Trinajstić information content (AvgIpc) is 3.30. The topological polar surface area (TPSA) is 196 Å². The molecule has 14 nitrogen and oxygen atoms in total. The van der Waals surface area contributed by atoms with Gasteiger partial charge in [-0.25, -0.2) is 22.5 Å². The summed E-state index contributed by atoms with van der Waals surface area (Å²) in [6.45, 7) is -0.0487. The van der Waals surface area contributed by atoms with Crippen LogP contribution in [0.4, 0.5) is 5.13 Å². The number of oxime groups is 1. The number of hydrogen-bond donors (Lipinski definition) is 2. The summed E-state index contributed by atoms with van der Waals surface area (Å²) in [5.41, 5.74) is 0.170. The van der Waals surface area contributed by atoms with Crippen LogP contribution in [0.1, 0.15) is 11.3 Å². The predicted molar refractivity (Wildman–Crippen MR) is 124 cm³/mol. The molecular weight excluding hydrogens is 565 g/mol. The predicted octanol–water partition coefficient (Wildman–Crippen LogP) is -3.43. The van der Waals surface area contributed by atoms with E-state index in [0.717, 1.165) is 18.4 Å². The van der Waals surface area contributed by atoms with Gasteiger partial charge in [0.2, 0.25) is 5.91 Å². The molecule has 2 heterocycles. The van der Waals surface area contributed by atoms with Crippen molar-refractivity contribution in [2.45, 2.75) is 18.7 Å². The third-order valence-electron chi connectivity index (χ3n) is 4.58. The number of hydrogen-bond acceptors (Lipinski definition) is 12. The maximum absolute atomic E-state index is 13.0. The third-order valence-corrected chi connectivity index (χ3v) is 6.47. The van der Waals surface area contributed by atoms with Crippen molar-refractivity contribution in [3.8, 4) is 0 Å². The minimum Gasteiger partial charge on any atom is -0.731 e. The van der Waals surface area contributed by atoms with Gasteiger partial charge < -0.3 is 24.8 Å². The van der Waals surface area contributed by atoms with E-state index >= 15 is 0 Å². The van der Waals surface area contributed by atoms with E-state index in [9.17, 15) is 32.1 Å². The fourth-order valence-corrected chi connectivity index (χ4v) is 4.56. The van der Waals surface area contributed by atoms with Crippen LogP contribution in [0.2, 0.25) is 0 Å². The van der Waals surface area contributed by atoms with Crippen molar-refractivity contribution in [2.24, 2.45) is 5.16 Å². The number of rotatable bonds is 10. The van der Waals surface area contributed by atoms with E-state index in [1.54, 1.807) is 30.3 Å². The Kier molecular flexibility index (Phi) is 11.0. The van der Waals surface area contributed by atoms with Crippen LogP contribution in [-0.2, 0) is 45.7 Å². The minimum absolute atomic E-state index is 0. The van der Waals surface area contributed by atoms with Gasteiger partial charge in [0.15, 0.2) is 27.2 Å². The molecule has 1 aromatic carbocycles. The molecule has 2 atom stereocenters. The second-order valence-electron chi connectivity index (χ2n) is 6.93.